The van der Waals surface area contributed by atoms with Crippen molar-refractivity contribution in [3.8, 4) is 0 Å². The SMILES string of the molecule is O=C1c2ccc3c4c(sc(c24)C(=O)N1Cc1ccn[nH]1)C(=O)N(Cn1ccnc1)C3=O. The molecule has 1 aromatic carbocycles. The number of aromatic nitrogens is 4. The number of nitrogens with zero attached hydrogens (tertiary/aromatic N) is 5. The van der Waals surface area contributed by atoms with Crippen molar-refractivity contribution in [2.45, 2.75) is 13.2 Å². The van der Waals surface area contributed by atoms with Crippen molar-refractivity contribution >= 4 is 45.7 Å². The third-order valence-electron chi connectivity index (χ3n) is 5.44. The number of carbonyl (C=O) groups is 4. The number of thiophene rings is 1. The van der Waals surface area contributed by atoms with Crippen LogP contribution in [0.4, 0.5) is 0 Å². The van der Waals surface area contributed by atoms with Crippen LogP contribution in [0.2, 0.25) is 0 Å². The second kappa shape index (κ2) is 6.19. The molecule has 6 rings (SSSR count). The van der Waals surface area contributed by atoms with Gasteiger partial charge in [0, 0.05) is 40.5 Å². The first kappa shape index (κ1) is 17.7. The topological polar surface area (TPSA) is 121 Å². The molecule has 0 radical (unpaired) electrons. The normalized spacial score (nSPS) is 15.5. The molecule has 0 fully saturated rings. The Bertz CT molecular complexity index is 1310. The Morgan fingerprint density at radius 2 is 1.52 bits per heavy atom. The molecule has 4 amide bonds. The van der Waals surface area contributed by atoms with Crippen molar-refractivity contribution in [3.63, 3.8) is 0 Å². The maximum atomic E-state index is 13.2. The monoisotopic (exact) mass is 432 g/mol. The average molecular weight is 432 g/mol. The number of carbonyl (C=O) groups excluding carboxylic acids is 4. The van der Waals surface area contributed by atoms with Crippen LogP contribution in [0.15, 0.2) is 43.1 Å². The minimum Gasteiger partial charge on any atom is -0.319 e. The van der Waals surface area contributed by atoms with Crippen molar-refractivity contribution < 1.29 is 19.2 Å². The van der Waals surface area contributed by atoms with Gasteiger partial charge >= 0.3 is 0 Å². The summed E-state index contributed by atoms with van der Waals surface area (Å²) in [5.74, 6) is -1.92. The summed E-state index contributed by atoms with van der Waals surface area (Å²) in [6.45, 7) is 0.0413. The van der Waals surface area contributed by atoms with Gasteiger partial charge in [0.1, 0.15) is 16.4 Å². The number of imide groups is 2. The van der Waals surface area contributed by atoms with Crippen LogP contribution in [0.5, 0.6) is 0 Å². The van der Waals surface area contributed by atoms with Gasteiger partial charge in [0.25, 0.3) is 23.6 Å². The highest BCUT2D eigenvalue weighted by atomic mass is 32.1. The minimum atomic E-state index is -0.494. The molecule has 1 N–H and O–H groups in total. The van der Waals surface area contributed by atoms with Gasteiger partial charge in [-0.3, -0.25) is 34.1 Å². The van der Waals surface area contributed by atoms with Crippen molar-refractivity contribution in [3.05, 3.63) is 69.7 Å². The van der Waals surface area contributed by atoms with Crippen LogP contribution in [0.1, 0.15) is 45.8 Å². The molecule has 11 heteroatoms. The molecule has 2 aliphatic heterocycles. The number of nitrogens with one attached hydrogen (secondary N) is 1. The zero-order chi connectivity index (χ0) is 21.3. The number of hydrogen-bond donors (Lipinski definition) is 1. The molecule has 10 nitrogen and oxygen atoms in total. The minimum absolute atomic E-state index is 0.00636. The summed E-state index contributed by atoms with van der Waals surface area (Å²) in [4.78, 5) is 59.3. The summed E-state index contributed by atoms with van der Waals surface area (Å²) in [5.41, 5.74) is 1.22. The van der Waals surface area contributed by atoms with Gasteiger partial charge < -0.3 is 4.57 Å². The maximum absolute atomic E-state index is 13.2. The van der Waals surface area contributed by atoms with Gasteiger partial charge in [-0.05, 0) is 18.2 Å². The lowest BCUT2D eigenvalue weighted by atomic mass is 9.93. The Morgan fingerprint density at radius 3 is 2.13 bits per heavy atom. The van der Waals surface area contributed by atoms with Crippen molar-refractivity contribution in [2.24, 2.45) is 0 Å². The maximum Gasteiger partial charge on any atom is 0.273 e. The first-order valence-electron chi connectivity index (χ1n) is 9.30. The first-order valence-corrected chi connectivity index (χ1v) is 10.1. The van der Waals surface area contributed by atoms with Crippen LogP contribution in [-0.2, 0) is 13.2 Å². The van der Waals surface area contributed by atoms with E-state index in [2.05, 4.69) is 15.2 Å². The van der Waals surface area contributed by atoms with E-state index in [1.165, 1.54) is 12.5 Å². The Kier molecular flexibility index (Phi) is 3.54. The van der Waals surface area contributed by atoms with E-state index in [0.29, 0.717) is 27.6 Å². The lowest BCUT2D eigenvalue weighted by Gasteiger charge is -2.27. The Labute approximate surface area is 177 Å². The molecular formula is C20H12N6O4S. The number of rotatable bonds is 4. The standard InChI is InChI=1S/C20H12N6O4S/c27-17-11-1-2-12-14-13(11)15(19(29)25(17)7-10-3-4-22-23-10)31-16(14)20(30)26(18(12)28)9-24-6-5-21-8-24/h1-6,8H,7,9H2,(H,22,23). The average Bonchev–Trinajstić information content (AvgIpc) is 3.53. The summed E-state index contributed by atoms with van der Waals surface area (Å²) >= 11 is 1.02. The molecule has 0 saturated carbocycles. The molecule has 152 valence electrons. The van der Waals surface area contributed by atoms with Crippen molar-refractivity contribution in [1.82, 2.24) is 29.5 Å². The summed E-state index contributed by atoms with van der Waals surface area (Å²) in [6.07, 6.45) is 6.26. The van der Waals surface area contributed by atoms with Gasteiger partial charge in [-0.2, -0.15) is 5.10 Å². The zero-order valence-electron chi connectivity index (χ0n) is 15.7. The van der Waals surface area contributed by atoms with Gasteiger partial charge in [-0.25, -0.2) is 4.98 Å². The smallest absolute Gasteiger partial charge is 0.273 e. The summed E-state index contributed by atoms with van der Waals surface area (Å²) < 4.78 is 1.61. The van der Waals surface area contributed by atoms with E-state index in [4.69, 9.17) is 0 Å². The Morgan fingerprint density at radius 1 is 0.839 bits per heavy atom. The van der Waals surface area contributed by atoms with E-state index in [0.717, 1.165) is 21.1 Å². The highest BCUT2D eigenvalue weighted by Crippen LogP contribution is 2.43. The van der Waals surface area contributed by atoms with Crippen LogP contribution in [0.3, 0.4) is 0 Å². The van der Waals surface area contributed by atoms with E-state index in [-0.39, 0.29) is 23.0 Å². The summed E-state index contributed by atoms with van der Waals surface area (Å²) in [6, 6.07) is 4.78. The fourth-order valence-electron chi connectivity index (χ4n) is 4.01. The fraction of sp³-hybridized carbons (Fsp3) is 0.100. The predicted molar refractivity (Wildman–Crippen MR) is 107 cm³/mol. The van der Waals surface area contributed by atoms with Gasteiger partial charge in [0.05, 0.1) is 18.6 Å². The molecule has 31 heavy (non-hydrogen) atoms. The van der Waals surface area contributed by atoms with Gasteiger partial charge in [-0.15, -0.1) is 11.3 Å². The lowest BCUT2D eigenvalue weighted by Crippen LogP contribution is -2.41. The molecule has 5 heterocycles. The second-order valence-corrected chi connectivity index (χ2v) is 8.23. The second-order valence-electron chi connectivity index (χ2n) is 7.21. The molecule has 3 aromatic heterocycles. The third kappa shape index (κ3) is 2.37. The van der Waals surface area contributed by atoms with E-state index >= 15 is 0 Å². The quantitative estimate of drug-likeness (QED) is 0.492. The molecule has 0 unspecified atom stereocenters. The molecule has 0 spiro atoms. The van der Waals surface area contributed by atoms with Crippen molar-refractivity contribution in [2.75, 3.05) is 0 Å². The van der Waals surface area contributed by atoms with Crippen LogP contribution in [-0.4, -0.2) is 53.2 Å². The molecule has 0 aliphatic carbocycles. The molecule has 0 atom stereocenters. The number of benzene rings is 1. The van der Waals surface area contributed by atoms with Gasteiger partial charge in [-0.1, -0.05) is 0 Å². The highest BCUT2D eigenvalue weighted by Gasteiger charge is 2.42. The van der Waals surface area contributed by atoms with Gasteiger partial charge in [0.15, 0.2) is 0 Å². The van der Waals surface area contributed by atoms with E-state index < -0.39 is 23.6 Å². The largest absolute Gasteiger partial charge is 0.319 e. The van der Waals surface area contributed by atoms with Crippen LogP contribution >= 0.6 is 11.3 Å². The summed E-state index contributed by atoms with van der Waals surface area (Å²) in [5, 5.41) is 7.37. The lowest BCUT2D eigenvalue weighted by molar-refractivity contribution is 0.0557. The van der Waals surface area contributed by atoms with E-state index in [1.54, 1.807) is 35.2 Å². The number of imidazole rings is 1. The van der Waals surface area contributed by atoms with E-state index in [9.17, 15) is 19.2 Å². The Balaban J connectivity index is 1.49. The molecule has 2 aliphatic rings. The first-order chi connectivity index (χ1) is 15.0. The van der Waals surface area contributed by atoms with Crippen LogP contribution in [0.25, 0.3) is 10.8 Å². The predicted octanol–water partition coefficient (Wildman–Crippen LogP) is 1.87. The zero-order valence-corrected chi connectivity index (χ0v) is 16.5. The van der Waals surface area contributed by atoms with Crippen molar-refractivity contribution in [1.29, 1.82) is 0 Å². The highest BCUT2D eigenvalue weighted by molar-refractivity contribution is 7.18. The molecule has 4 aromatic rings. The molecule has 0 saturated heterocycles. The Hall–Kier alpha value is -4.12. The third-order valence-corrected chi connectivity index (χ3v) is 6.61. The number of hydrogen-bond acceptors (Lipinski definition) is 7. The number of aromatic amines is 1. The number of amides is 4. The number of H-pyrrole nitrogens is 1. The summed E-state index contributed by atoms with van der Waals surface area (Å²) in [7, 11) is 0. The molecular weight excluding hydrogens is 420 g/mol. The van der Waals surface area contributed by atoms with Crippen LogP contribution in [0, 0.1) is 0 Å². The van der Waals surface area contributed by atoms with Crippen LogP contribution < -0.4 is 0 Å². The molecule has 0 bridgehead atoms. The van der Waals surface area contributed by atoms with Gasteiger partial charge in [0.2, 0.25) is 0 Å². The van der Waals surface area contributed by atoms with E-state index in [1.807, 2.05) is 0 Å². The fourth-order valence-corrected chi connectivity index (χ4v) is 5.23.